The van der Waals surface area contributed by atoms with Gasteiger partial charge in [0, 0.05) is 26.9 Å². The van der Waals surface area contributed by atoms with Crippen molar-refractivity contribution in [2.75, 3.05) is 0 Å². The highest BCUT2D eigenvalue weighted by Gasteiger charge is 2.27. The molecule has 0 aromatic heterocycles. The van der Waals surface area contributed by atoms with Crippen LogP contribution in [0.1, 0.15) is 16.8 Å². The Balaban J connectivity index is 1.99. The number of aliphatic carboxylic acids is 1. The van der Waals surface area contributed by atoms with Crippen LogP contribution in [-0.4, -0.2) is 17.0 Å². The van der Waals surface area contributed by atoms with Crippen LogP contribution in [0.4, 0.5) is 0 Å². The van der Waals surface area contributed by atoms with Crippen LogP contribution in [0.5, 0.6) is 0 Å². The lowest BCUT2D eigenvalue weighted by molar-refractivity contribution is -0.140. The number of thioether (sulfide) groups is 1. The second-order valence-corrected chi connectivity index (χ2v) is 6.07. The maximum absolute atomic E-state index is 12.2. The Morgan fingerprint density at radius 2 is 2.25 bits per heavy atom. The quantitative estimate of drug-likeness (QED) is 0.837. The predicted octanol–water partition coefficient (Wildman–Crippen LogP) is 3.05. The predicted molar refractivity (Wildman–Crippen MR) is 76.7 cm³/mol. The molecular weight excluding hydrogens is 298 g/mol. The van der Waals surface area contributed by atoms with Gasteiger partial charge in [-0.3, -0.25) is 9.59 Å². The molecule has 1 aliphatic carbocycles. The van der Waals surface area contributed by atoms with Crippen molar-refractivity contribution in [3.63, 3.8) is 0 Å². The van der Waals surface area contributed by atoms with Crippen LogP contribution in [-0.2, 0) is 4.79 Å². The fourth-order valence-corrected chi connectivity index (χ4v) is 3.50. The third-order valence-electron chi connectivity index (χ3n) is 3.19. The lowest BCUT2D eigenvalue weighted by atomic mass is 9.98. The van der Waals surface area contributed by atoms with E-state index in [1.165, 1.54) is 11.8 Å². The van der Waals surface area contributed by atoms with Gasteiger partial charge in [-0.05, 0) is 24.3 Å². The minimum atomic E-state index is -0.892. The number of fused-ring (bicyclic) bond motifs is 1. The standard InChI is InChI=1S/C14H10ClNO3S/c15-8-2-3-9-12(6-8)20-11-4-1-7(14(18)19)5-10(11)16-13(9)17/h1-4,6-7H,5H2,(H,16,17)(H,18,19). The lowest BCUT2D eigenvalue weighted by Gasteiger charge is -2.18. The van der Waals surface area contributed by atoms with Crippen LogP contribution in [0.15, 0.2) is 45.8 Å². The summed E-state index contributed by atoms with van der Waals surface area (Å²) in [7, 11) is 0. The molecule has 0 saturated carbocycles. The Morgan fingerprint density at radius 1 is 1.45 bits per heavy atom. The van der Waals surface area contributed by atoms with E-state index in [1.807, 2.05) is 0 Å². The molecule has 3 rings (SSSR count). The van der Waals surface area contributed by atoms with Crippen molar-refractivity contribution in [3.05, 3.63) is 51.5 Å². The lowest BCUT2D eigenvalue weighted by Crippen LogP contribution is -2.26. The summed E-state index contributed by atoms with van der Waals surface area (Å²) >= 11 is 7.39. The number of carbonyl (C=O) groups is 2. The Labute approximate surface area is 124 Å². The van der Waals surface area contributed by atoms with Crippen LogP contribution < -0.4 is 5.32 Å². The summed E-state index contributed by atoms with van der Waals surface area (Å²) in [6, 6.07) is 5.09. The number of benzene rings is 1. The minimum Gasteiger partial charge on any atom is -0.481 e. The summed E-state index contributed by atoms with van der Waals surface area (Å²) < 4.78 is 0. The van der Waals surface area contributed by atoms with Gasteiger partial charge >= 0.3 is 5.97 Å². The van der Waals surface area contributed by atoms with E-state index in [2.05, 4.69) is 5.32 Å². The largest absolute Gasteiger partial charge is 0.481 e. The van der Waals surface area contributed by atoms with Crippen LogP contribution >= 0.6 is 23.4 Å². The summed E-state index contributed by atoms with van der Waals surface area (Å²) in [6.07, 6.45) is 3.69. The van der Waals surface area contributed by atoms with Crippen molar-refractivity contribution in [1.82, 2.24) is 5.32 Å². The van der Waals surface area contributed by atoms with E-state index in [0.29, 0.717) is 22.7 Å². The highest BCUT2D eigenvalue weighted by Crippen LogP contribution is 2.39. The topological polar surface area (TPSA) is 66.4 Å². The zero-order valence-electron chi connectivity index (χ0n) is 10.2. The van der Waals surface area contributed by atoms with Crippen molar-refractivity contribution in [2.45, 2.75) is 11.3 Å². The first kappa shape index (κ1) is 13.3. The highest BCUT2D eigenvalue weighted by molar-refractivity contribution is 8.03. The Morgan fingerprint density at radius 3 is 3.00 bits per heavy atom. The molecule has 0 saturated heterocycles. The molecule has 20 heavy (non-hydrogen) atoms. The molecule has 1 aromatic rings. The molecular formula is C14H10ClNO3S. The molecule has 1 aromatic carbocycles. The van der Waals surface area contributed by atoms with Gasteiger partial charge in [0.2, 0.25) is 0 Å². The number of amides is 1. The average Bonchev–Trinajstić information content (AvgIpc) is 2.53. The summed E-state index contributed by atoms with van der Waals surface area (Å²) in [5.74, 6) is -1.72. The first-order valence-electron chi connectivity index (χ1n) is 5.97. The van der Waals surface area contributed by atoms with Gasteiger partial charge in [0.1, 0.15) is 0 Å². The van der Waals surface area contributed by atoms with Gasteiger partial charge in [-0.15, -0.1) is 0 Å². The minimum absolute atomic E-state index is 0.228. The van der Waals surface area contributed by atoms with E-state index in [-0.39, 0.29) is 5.91 Å². The van der Waals surface area contributed by atoms with Crippen molar-refractivity contribution in [2.24, 2.45) is 5.92 Å². The number of hydrogen-bond acceptors (Lipinski definition) is 3. The van der Waals surface area contributed by atoms with Gasteiger partial charge in [0.05, 0.1) is 11.5 Å². The SMILES string of the molecule is O=C1NC2=C(C=CC(C(=O)O)C2)Sc2cc(Cl)ccc21. The third-order valence-corrected chi connectivity index (χ3v) is 4.59. The molecule has 4 nitrogen and oxygen atoms in total. The molecule has 102 valence electrons. The number of halogens is 1. The molecule has 1 unspecified atom stereocenters. The number of carbonyl (C=O) groups excluding carboxylic acids is 1. The van der Waals surface area contributed by atoms with Gasteiger partial charge in [0.25, 0.3) is 5.91 Å². The maximum Gasteiger partial charge on any atom is 0.310 e. The van der Waals surface area contributed by atoms with E-state index in [9.17, 15) is 9.59 Å². The molecule has 0 spiro atoms. The normalized spacial score (nSPS) is 20.9. The number of hydrogen-bond donors (Lipinski definition) is 2. The molecule has 1 atom stereocenters. The smallest absolute Gasteiger partial charge is 0.310 e. The van der Waals surface area contributed by atoms with E-state index in [1.54, 1.807) is 30.4 Å². The van der Waals surface area contributed by atoms with Crippen molar-refractivity contribution >= 4 is 35.2 Å². The molecule has 0 fully saturated rings. The molecule has 1 heterocycles. The van der Waals surface area contributed by atoms with E-state index in [0.717, 1.165) is 9.80 Å². The van der Waals surface area contributed by atoms with Gasteiger partial charge in [-0.1, -0.05) is 29.4 Å². The van der Waals surface area contributed by atoms with Gasteiger partial charge in [0.15, 0.2) is 0 Å². The average molecular weight is 308 g/mol. The second kappa shape index (κ2) is 5.00. The third kappa shape index (κ3) is 2.34. The van der Waals surface area contributed by atoms with Gasteiger partial charge in [-0.25, -0.2) is 0 Å². The van der Waals surface area contributed by atoms with Crippen LogP contribution in [0, 0.1) is 5.92 Å². The fraction of sp³-hybridized carbons (Fsp3) is 0.143. The van der Waals surface area contributed by atoms with Crippen LogP contribution in [0.25, 0.3) is 0 Å². The Hall–Kier alpha value is -1.72. The molecule has 1 amide bonds. The second-order valence-electron chi connectivity index (χ2n) is 4.55. The van der Waals surface area contributed by atoms with Gasteiger partial charge in [-0.2, -0.15) is 0 Å². The molecule has 6 heteroatoms. The monoisotopic (exact) mass is 307 g/mol. The van der Waals surface area contributed by atoms with Gasteiger partial charge < -0.3 is 10.4 Å². The van der Waals surface area contributed by atoms with Crippen LogP contribution in [0.2, 0.25) is 5.02 Å². The number of carboxylic acid groups (broad SMARTS) is 1. The Kier molecular flexibility index (Phi) is 3.31. The first-order chi connectivity index (χ1) is 9.54. The zero-order valence-corrected chi connectivity index (χ0v) is 11.8. The highest BCUT2D eigenvalue weighted by atomic mass is 35.5. The van der Waals surface area contributed by atoms with E-state index in [4.69, 9.17) is 16.7 Å². The Bertz CT molecular complexity index is 681. The summed E-state index contributed by atoms with van der Waals surface area (Å²) in [4.78, 5) is 24.9. The van der Waals surface area contributed by atoms with Crippen LogP contribution in [0.3, 0.4) is 0 Å². The van der Waals surface area contributed by atoms with E-state index >= 15 is 0 Å². The molecule has 0 bridgehead atoms. The van der Waals surface area contributed by atoms with Crippen molar-refractivity contribution in [1.29, 1.82) is 0 Å². The number of allylic oxidation sites excluding steroid dienone is 2. The first-order valence-corrected chi connectivity index (χ1v) is 7.17. The summed E-state index contributed by atoms with van der Waals surface area (Å²) in [5.41, 5.74) is 1.20. The maximum atomic E-state index is 12.2. The molecule has 2 aliphatic rings. The van der Waals surface area contributed by atoms with E-state index < -0.39 is 11.9 Å². The molecule has 1 aliphatic heterocycles. The fourth-order valence-electron chi connectivity index (χ4n) is 2.16. The summed E-state index contributed by atoms with van der Waals surface area (Å²) in [6.45, 7) is 0. The molecule has 0 radical (unpaired) electrons. The van der Waals surface area contributed by atoms with Crippen molar-refractivity contribution in [3.8, 4) is 0 Å². The zero-order chi connectivity index (χ0) is 14.3. The number of nitrogens with one attached hydrogen (secondary N) is 1. The van der Waals surface area contributed by atoms with Crippen molar-refractivity contribution < 1.29 is 14.7 Å². The number of carboxylic acids is 1. The molecule has 2 N–H and O–H groups in total. The number of rotatable bonds is 1. The summed E-state index contributed by atoms with van der Waals surface area (Å²) in [5, 5.41) is 12.4.